The van der Waals surface area contributed by atoms with Crippen molar-refractivity contribution in [2.24, 2.45) is 0 Å². The Bertz CT molecular complexity index is 1060. The average Bonchev–Trinajstić information content (AvgIpc) is 2.88. The van der Waals surface area contributed by atoms with Gasteiger partial charge in [0.1, 0.15) is 5.75 Å². The van der Waals surface area contributed by atoms with Gasteiger partial charge in [-0.05, 0) is 68.1 Å². The first kappa shape index (κ1) is 24.7. The lowest BCUT2D eigenvalue weighted by Gasteiger charge is -2.35. The van der Waals surface area contributed by atoms with Crippen molar-refractivity contribution in [2.45, 2.75) is 43.5 Å². The number of carbonyl (C=O) groups is 1. The van der Waals surface area contributed by atoms with Crippen LogP contribution in [-0.2, 0) is 16.4 Å². The molecule has 2 aromatic carbocycles. The van der Waals surface area contributed by atoms with Crippen LogP contribution in [0.1, 0.15) is 42.1 Å². The minimum Gasteiger partial charge on any atom is -0.497 e. The van der Waals surface area contributed by atoms with Gasteiger partial charge in [-0.2, -0.15) is 4.31 Å². The SMILES string of the molecule is COc1ccc(CCN2CCN(C(=O)c3ccc(S(=O)(=O)N4CCCCC4C)cc3)CC2)cc1. The van der Waals surface area contributed by atoms with Crippen molar-refractivity contribution in [1.29, 1.82) is 0 Å². The number of carbonyl (C=O) groups excluding carboxylic acids is 1. The molecular formula is C26H35N3O4S. The van der Waals surface area contributed by atoms with Gasteiger partial charge in [0.2, 0.25) is 10.0 Å². The molecule has 2 fully saturated rings. The van der Waals surface area contributed by atoms with Crippen molar-refractivity contribution < 1.29 is 17.9 Å². The van der Waals surface area contributed by atoms with E-state index in [4.69, 9.17) is 4.74 Å². The van der Waals surface area contributed by atoms with E-state index in [-0.39, 0.29) is 16.8 Å². The molecule has 7 nitrogen and oxygen atoms in total. The molecule has 1 unspecified atom stereocenters. The molecule has 0 N–H and O–H groups in total. The Labute approximate surface area is 203 Å². The van der Waals surface area contributed by atoms with Crippen LogP contribution in [0.15, 0.2) is 53.4 Å². The predicted molar refractivity (Wildman–Crippen MR) is 133 cm³/mol. The number of hydrogen-bond donors (Lipinski definition) is 0. The second kappa shape index (κ2) is 10.9. The second-order valence-corrected chi connectivity index (χ2v) is 11.1. The van der Waals surface area contributed by atoms with Gasteiger partial charge in [0, 0.05) is 50.9 Å². The smallest absolute Gasteiger partial charge is 0.253 e. The number of ether oxygens (including phenoxy) is 1. The van der Waals surface area contributed by atoms with Crippen LogP contribution in [0.3, 0.4) is 0 Å². The molecule has 0 bridgehead atoms. The Hall–Kier alpha value is -2.42. The lowest BCUT2D eigenvalue weighted by atomic mass is 10.1. The van der Waals surface area contributed by atoms with Gasteiger partial charge < -0.3 is 9.64 Å². The summed E-state index contributed by atoms with van der Waals surface area (Å²) < 4.78 is 32.9. The van der Waals surface area contributed by atoms with Gasteiger partial charge in [0.25, 0.3) is 5.91 Å². The molecule has 0 radical (unpaired) electrons. The summed E-state index contributed by atoms with van der Waals surface area (Å²) in [5, 5.41) is 0. The molecule has 8 heteroatoms. The lowest BCUT2D eigenvalue weighted by molar-refractivity contribution is 0.0638. The van der Waals surface area contributed by atoms with Crippen LogP contribution in [-0.4, -0.2) is 80.9 Å². The summed E-state index contributed by atoms with van der Waals surface area (Å²) >= 11 is 0. The Morgan fingerprint density at radius 1 is 0.941 bits per heavy atom. The molecule has 2 saturated heterocycles. The van der Waals surface area contributed by atoms with Crippen LogP contribution in [0, 0.1) is 0 Å². The number of piperazine rings is 1. The molecule has 1 atom stereocenters. The van der Waals surface area contributed by atoms with Crippen molar-refractivity contribution in [3.63, 3.8) is 0 Å². The summed E-state index contributed by atoms with van der Waals surface area (Å²) in [6.07, 6.45) is 3.81. The zero-order valence-corrected chi connectivity index (χ0v) is 21.0. The van der Waals surface area contributed by atoms with Crippen LogP contribution in [0.2, 0.25) is 0 Å². The van der Waals surface area contributed by atoms with Crippen molar-refractivity contribution in [1.82, 2.24) is 14.1 Å². The first-order chi connectivity index (χ1) is 16.4. The van der Waals surface area contributed by atoms with E-state index in [0.29, 0.717) is 25.2 Å². The van der Waals surface area contributed by atoms with Gasteiger partial charge in [-0.1, -0.05) is 18.6 Å². The Morgan fingerprint density at radius 3 is 2.24 bits per heavy atom. The van der Waals surface area contributed by atoms with E-state index in [1.807, 2.05) is 24.0 Å². The summed E-state index contributed by atoms with van der Waals surface area (Å²) in [4.78, 5) is 17.5. The molecule has 2 aliphatic rings. The molecule has 184 valence electrons. The Balaban J connectivity index is 1.29. The van der Waals surface area contributed by atoms with Crippen molar-refractivity contribution in [3.8, 4) is 5.75 Å². The monoisotopic (exact) mass is 485 g/mol. The molecule has 2 aliphatic heterocycles. The summed E-state index contributed by atoms with van der Waals surface area (Å²) in [6.45, 7) is 6.50. The third-order valence-corrected chi connectivity index (χ3v) is 9.01. The number of piperidine rings is 1. The summed E-state index contributed by atoms with van der Waals surface area (Å²) in [5.74, 6) is 0.827. The molecule has 4 rings (SSSR count). The van der Waals surface area contributed by atoms with Gasteiger partial charge in [-0.3, -0.25) is 9.69 Å². The van der Waals surface area contributed by atoms with Gasteiger partial charge in [0.05, 0.1) is 12.0 Å². The van der Waals surface area contributed by atoms with Crippen LogP contribution >= 0.6 is 0 Å². The fraction of sp³-hybridized carbons (Fsp3) is 0.500. The number of methoxy groups -OCH3 is 1. The number of benzene rings is 2. The van der Waals surface area contributed by atoms with Gasteiger partial charge in [-0.15, -0.1) is 0 Å². The highest BCUT2D eigenvalue weighted by atomic mass is 32.2. The maximum atomic E-state index is 13.0. The first-order valence-corrected chi connectivity index (χ1v) is 13.6. The zero-order chi connectivity index (χ0) is 24.1. The summed E-state index contributed by atoms with van der Waals surface area (Å²) in [7, 11) is -1.86. The van der Waals surface area contributed by atoms with Crippen LogP contribution in [0.5, 0.6) is 5.75 Å². The Kier molecular flexibility index (Phi) is 7.91. The predicted octanol–water partition coefficient (Wildman–Crippen LogP) is 3.26. The number of amides is 1. The summed E-state index contributed by atoms with van der Waals surface area (Å²) in [5.41, 5.74) is 1.81. The van der Waals surface area contributed by atoms with Gasteiger partial charge in [0.15, 0.2) is 0 Å². The number of rotatable bonds is 7. The highest BCUT2D eigenvalue weighted by Gasteiger charge is 2.31. The molecule has 0 aliphatic carbocycles. The third kappa shape index (κ3) is 5.62. The first-order valence-electron chi connectivity index (χ1n) is 12.1. The Morgan fingerprint density at radius 2 is 1.62 bits per heavy atom. The topological polar surface area (TPSA) is 70.2 Å². The average molecular weight is 486 g/mol. The second-order valence-electron chi connectivity index (χ2n) is 9.22. The van der Waals surface area contributed by atoms with Gasteiger partial charge in [-0.25, -0.2) is 8.42 Å². The molecule has 34 heavy (non-hydrogen) atoms. The van der Waals surface area contributed by atoms with Gasteiger partial charge >= 0.3 is 0 Å². The number of nitrogens with zero attached hydrogens (tertiary/aromatic N) is 3. The van der Waals surface area contributed by atoms with Crippen LogP contribution < -0.4 is 4.74 Å². The molecule has 2 aromatic rings. The normalized spacial score (nSPS) is 20.3. The maximum Gasteiger partial charge on any atom is 0.253 e. The van der Waals surface area contributed by atoms with E-state index >= 15 is 0 Å². The minimum atomic E-state index is -3.52. The van der Waals surface area contributed by atoms with E-state index < -0.39 is 10.0 Å². The maximum absolute atomic E-state index is 13.0. The quantitative estimate of drug-likeness (QED) is 0.602. The molecule has 0 aromatic heterocycles. The van der Waals surface area contributed by atoms with E-state index in [1.54, 1.807) is 35.7 Å². The highest BCUT2D eigenvalue weighted by molar-refractivity contribution is 7.89. The van der Waals surface area contributed by atoms with Crippen molar-refractivity contribution in [2.75, 3.05) is 46.4 Å². The van der Waals surface area contributed by atoms with Crippen LogP contribution in [0.25, 0.3) is 0 Å². The van der Waals surface area contributed by atoms with E-state index in [2.05, 4.69) is 17.0 Å². The summed E-state index contributed by atoms with van der Waals surface area (Å²) in [6, 6.07) is 14.6. The zero-order valence-electron chi connectivity index (χ0n) is 20.2. The standard InChI is InChI=1S/C26H35N3O4S/c1-21-5-3-4-15-29(21)34(31,32)25-12-8-23(9-13-25)26(30)28-19-17-27(18-20-28)16-14-22-6-10-24(33-2)11-7-22/h6-13,21H,3-5,14-20H2,1-2H3. The molecule has 0 saturated carbocycles. The molecule has 1 amide bonds. The molecule has 0 spiro atoms. The van der Waals surface area contributed by atoms with E-state index in [1.165, 1.54) is 5.56 Å². The third-order valence-electron chi connectivity index (χ3n) is 6.99. The number of sulfonamides is 1. The highest BCUT2D eigenvalue weighted by Crippen LogP contribution is 2.25. The fourth-order valence-electron chi connectivity index (χ4n) is 4.77. The number of hydrogen-bond acceptors (Lipinski definition) is 5. The van der Waals surface area contributed by atoms with E-state index in [9.17, 15) is 13.2 Å². The lowest BCUT2D eigenvalue weighted by Crippen LogP contribution is -2.49. The van der Waals surface area contributed by atoms with Crippen molar-refractivity contribution >= 4 is 15.9 Å². The minimum absolute atomic E-state index is 0.0149. The van der Waals surface area contributed by atoms with E-state index in [0.717, 1.165) is 51.1 Å². The molecular weight excluding hydrogens is 450 g/mol. The molecule has 2 heterocycles. The largest absolute Gasteiger partial charge is 0.497 e. The van der Waals surface area contributed by atoms with Crippen LogP contribution in [0.4, 0.5) is 0 Å². The van der Waals surface area contributed by atoms with Crippen molar-refractivity contribution in [3.05, 3.63) is 59.7 Å². The fourth-order valence-corrected chi connectivity index (χ4v) is 6.47.